The van der Waals surface area contributed by atoms with E-state index in [9.17, 15) is 9.59 Å². The van der Waals surface area contributed by atoms with Gasteiger partial charge in [0.15, 0.2) is 6.54 Å². The molecule has 1 aliphatic heterocycles. The number of nitrogens with one attached hydrogen (secondary N) is 3. The molecule has 122 valence electrons. The average molecular weight is 328 g/mol. The van der Waals surface area contributed by atoms with Crippen LogP contribution >= 0.6 is 11.8 Å². The Labute approximate surface area is 133 Å². The molecule has 0 atom stereocenters. The molecule has 3 N–H and O–H groups in total. The summed E-state index contributed by atoms with van der Waals surface area (Å²) in [6.45, 7) is 3.01. The van der Waals surface area contributed by atoms with Crippen molar-refractivity contribution in [3.63, 3.8) is 0 Å². The minimum absolute atomic E-state index is 0.0245. The lowest BCUT2D eigenvalue weighted by Crippen LogP contribution is -3.11. The van der Waals surface area contributed by atoms with Crippen LogP contribution in [-0.4, -0.2) is 54.4 Å². The first-order valence-corrected chi connectivity index (χ1v) is 8.42. The number of thioether (sulfide) groups is 1. The first-order chi connectivity index (χ1) is 10.7. The van der Waals surface area contributed by atoms with Crippen molar-refractivity contribution in [2.75, 3.05) is 32.4 Å². The van der Waals surface area contributed by atoms with Gasteiger partial charge in [0.1, 0.15) is 0 Å². The summed E-state index contributed by atoms with van der Waals surface area (Å²) < 4.78 is 5.54. The van der Waals surface area contributed by atoms with Crippen molar-refractivity contribution in [1.29, 1.82) is 0 Å². The number of hydrogen-bond donors (Lipinski definition) is 3. The molecule has 2 amide bonds. The molecule has 0 unspecified atom stereocenters. The number of hydrogen-bond acceptors (Lipinski definition) is 6. The van der Waals surface area contributed by atoms with Crippen LogP contribution in [0.25, 0.3) is 0 Å². The third-order valence-corrected chi connectivity index (χ3v) is 4.28. The zero-order chi connectivity index (χ0) is 15.8. The molecule has 0 saturated carbocycles. The summed E-state index contributed by atoms with van der Waals surface area (Å²) in [5.41, 5.74) is 0. The Hall–Kier alpha value is -1.61. The molecule has 2 rings (SSSR count). The highest BCUT2D eigenvalue weighted by atomic mass is 32.2. The molecule has 22 heavy (non-hydrogen) atoms. The van der Waals surface area contributed by atoms with Crippen LogP contribution in [0.5, 0.6) is 0 Å². The van der Waals surface area contributed by atoms with Gasteiger partial charge in [-0.3, -0.25) is 9.59 Å². The van der Waals surface area contributed by atoms with E-state index >= 15 is 0 Å². The van der Waals surface area contributed by atoms with Gasteiger partial charge in [0, 0.05) is 7.05 Å². The Kier molecular flexibility index (Phi) is 6.66. The molecule has 8 nitrogen and oxygen atoms in total. The molecule has 1 aliphatic rings. The molecule has 1 saturated heterocycles. The number of carbonyl (C=O) groups excluding carboxylic acids is 2. The maximum Gasteiger partial charge on any atom is 0.277 e. The Balaban J connectivity index is 1.70. The van der Waals surface area contributed by atoms with Crippen LogP contribution in [0, 0.1) is 0 Å². The number of rotatable bonds is 7. The largest absolute Gasteiger partial charge is 0.410 e. The van der Waals surface area contributed by atoms with Gasteiger partial charge in [-0.05, 0) is 19.3 Å². The fraction of sp³-hybridized carbons (Fsp3) is 0.692. The van der Waals surface area contributed by atoms with E-state index in [4.69, 9.17) is 4.42 Å². The Morgan fingerprint density at radius 1 is 1.23 bits per heavy atom. The molecular formula is C13H22N5O3S+. The molecule has 2 heterocycles. The van der Waals surface area contributed by atoms with Crippen molar-refractivity contribution in [2.24, 2.45) is 0 Å². The fourth-order valence-electron chi connectivity index (χ4n) is 2.26. The number of aromatic nitrogens is 2. The third kappa shape index (κ3) is 5.64. The third-order valence-electron chi connectivity index (χ3n) is 3.46. The van der Waals surface area contributed by atoms with Gasteiger partial charge in [-0.25, -0.2) is 0 Å². The van der Waals surface area contributed by atoms with Crippen molar-refractivity contribution in [3.8, 4) is 0 Å². The second kappa shape index (κ2) is 8.74. The lowest BCUT2D eigenvalue weighted by atomic mass is 10.1. The first kappa shape index (κ1) is 16.8. The van der Waals surface area contributed by atoms with E-state index in [2.05, 4.69) is 20.8 Å². The van der Waals surface area contributed by atoms with Gasteiger partial charge in [-0.2, -0.15) is 0 Å². The summed E-state index contributed by atoms with van der Waals surface area (Å²) in [4.78, 5) is 24.0. The van der Waals surface area contributed by atoms with Crippen LogP contribution in [0.3, 0.4) is 0 Å². The van der Waals surface area contributed by atoms with Gasteiger partial charge in [-0.15, -0.1) is 10.2 Å². The van der Waals surface area contributed by atoms with Crippen molar-refractivity contribution < 1.29 is 18.9 Å². The van der Waals surface area contributed by atoms with Gasteiger partial charge >= 0.3 is 0 Å². The van der Waals surface area contributed by atoms with Crippen LogP contribution in [0.2, 0.25) is 0 Å². The number of piperidine rings is 1. The van der Waals surface area contributed by atoms with Crippen molar-refractivity contribution in [2.45, 2.75) is 31.0 Å². The van der Waals surface area contributed by atoms with Crippen LogP contribution in [0.15, 0.2) is 9.64 Å². The highest BCUT2D eigenvalue weighted by Crippen LogP contribution is 2.15. The Morgan fingerprint density at radius 2 is 2.00 bits per heavy atom. The maximum atomic E-state index is 11.6. The quantitative estimate of drug-likeness (QED) is 0.532. The molecule has 1 aromatic heterocycles. The van der Waals surface area contributed by atoms with Crippen LogP contribution in [-0.2, 0) is 16.1 Å². The number of nitrogens with zero attached hydrogens (tertiary/aromatic N) is 2. The SMILES string of the molecule is CNC(=O)CNC(=O)CSc1nnc(C[NH+]2CCCCC2)o1. The number of likely N-dealkylation sites (N-methyl/N-ethyl adjacent to an activating group) is 1. The predicted molar refractivity (Wildman–Crippen MR) is 80.4 cm³/mol. The van der Waals surface area contributed by atoms with Gasteiger partial charge in [0.2, 0.25) is 11.8 Å². The van der Waals surface area contributed by atoms with Gasteiger partial charge in [0.05, 0.1) is 25.4 Å². The second-order valence-electron chi connectivity index (χ2n) is 5.19. The summed E-state index contributed by atoms with van der Waals surface area (Å²) in [6.07, 6.45) is 3.80. The standard InChI is InChI=1S/C13H21N5O3S/c1-14-10(19)7-15-11(20)9-22-13-17-16-12(21-13)8-18-5-3-2-4-6-18/h2-9H2,1H3,(H,14,19)(H,15,20)/p+1. The molecule has 0 aromatic carbocycles. The van der Waals surface area contributed by atoms with Gasteiger partial charge in [0.25, 0.3) is 11.1 Å². The van der Waals surface area contributed by atoms with Crippen LogP contribution in [0.1, 0.15) is 25.2 Å². The molecule has 0 bridgehead atoms. The number of amides is 2. The highest BCUT2D eigenvalue weighted by molar-refractivity contribution is 7.99. The molecule has 0 radical (unpaired) electrons. The molecule has 0 spiro atoms. The second-order valence-corrected chi connectivity index (χ2v) is 6.11. The number of likely N-dealkylation sites (tertiary alicyclic amines) is 1. The molecule has 1 aromatic rings. The summed E-state index contributed by atoms with van der Waals surface area (Å²) in [5, 5.41) is 13.3. The zero-order valence-corrected chi connectivity index (χ0v) is 13.5. The Morgan fingerprint density at radius 3 is 2.73 bits per heavy atom. The van der Waals surface area contributed by atoms with Crippen molar-refractivity contribution in [1.82, 2.24) is 20.8 Å². The predicted octanol–water partition coefficient (Wildman–Crippen LogP) is -1.41. The Bertz CT molecular complexity index is 502. The van der Waals surface area contributed by atoms with Crippen LogP contribution in [0.4, 0.5) is 0 Å². The van der Waals surface area contributed by atoms with E-state index in [1.807, 2.05) is 0 Å². The zero-order valence-electron chi connectivity index (χ0n) is 12.7. The lowest BCUT2D eigenvalue weighted by molar-refractivity contribution is -0.919. The molecule has 1 fully saturated rings. The van der Waals surface area contributed by atoms with E-state index in [1.54, 1.807) is 0 Å². The monoisotopic (exact) mass is 328 g/mol. The van der Waals surface area contributed by atoms with E-state index in [1.165, 1.54) is 43.0 Å². The van der Waals surface area contributed by atoms with E-state index < -0.39 is 0 Å². The maximum absolute atomic E-state index is 11.6. The van der Waals surface area contributed by atoms with Crippen molar-refractivity contribution in [3.05, 3.63) is 5.89 Å². The summed E-state index contributed by atoms with van der Waals surface area (Å²) >= 11 is 1.18. The van der Waals surface area contributed by atoms with Gasteiger partial charge in [-0.1, -0.05) is 11.8 Å². The average Bonchev–Trinajstić information content (AvgIpc) is 2.99. The summed E-state index contributed by atoms with van der Waals surface area (Å²) in [5.74, 6) is 0.290. The molecular weight excluding hydrogens is 306 g/mol. The van der Waals surface area contributed by atoms with Crippen molar-refractivity contribution >= 4 is 23.6 Å². The fourth-order valence-corrected chi connectivity index (χ4v) is 2.87. The minimum Gasteiger partial charge on any atom is -0.410 e. The topological polar surface area (TPSA) is 102 Å². The van der Waals surface area contributed by atoms with E-state index in [0.717, 1.165) is 19.6 Å². The van der Waals surface area contributed by atoms with Gasteiger partial charge < -0.3 is 20.0 Å². The lowest BCUT2D eigenvalue weighted by Gasteiger charge is -2.21. The van der Waals surface area contributed by atoms with E-state index in [-0.39, 0.29) is 24.1 Å². The summed E-state index contributed by atoms with van der Waals surface area (Å²) in [7, 11) is 1.52. The minimum atomic E-state index is -0.241. The highest BCUT2D eigenvalue weighted by Gasteiger charge is 2.18. The normalized spacial score (nSPS) is 15.5. The molecule has 0 aliphatic carbocycles. The first-order valence-electron chi connectivity index (χ1n) is 7.43. The molecule has 9 heteroatoms. The number of quaternary nitrogens is 1. The smallest absolute Gasteiger partial charge is 0.277 e. The van der Waals surface area contributed by atoms with E-state index in [0.29, 0.717) is 11.1 Å². The summed E-state index contributed by atoms with van der Waals surface area (Å²) in [6, 6.07) is 0. The van der Waals surface area contributed by atoms with Crippen LogP contribution < -0.4 is 15.5 Å². The number of carbonyl (C=O) groups is 2.